The minimum atomic E-state index is 1.04. The number of hydrogen-bond donors (Lipinski definition) is 1. The van der Waals surface area contributed by atoms with Gasteiger partial charge in [-0.1, -0.05) is 89.5 Å². The van der Waals surface area contributed by atoms with Crippen LogP contribution in [0.5, 0.6) is 0 Å². The van der Waals surface area contributed by atoms with Crippen LogP contribution in [0.3, 0.4) is 0 Å². The average molecular weight is 380 g/mol. The summed E-state index contributed by atoms with van der Waals surface area (Å²) in [5, 5.41) is 1.20. The van der Waals surface area contributed by atoms with Gasteiger partial charge in [0.2, 0.25) is 0 Å². The van der Waals surface area contributed by atoms with Crippen LogP contribution < -0.4 is 0 Å². The van der Waals surface area contributed by atoms with Crippen LogP contribution >= 0.6 is 0 Å². The maximum absolute atomic E-state index is 4.54. The second-order valence-electron chi connectivity index (χ2n) is 7.47. The summed E-state index contributed by atoms with van der Waals surface area (Å²) >= 11 is 0. The summed E-state index contributed by atoms with van der Waals surface area (Å²) in [7, 11) is 0. The van der Waals surface area contributed by atoms with Gasteiger partial charge in [0.05, 0.1) is 11.2 Å². The lowest BCUT2D eigenvalue weighted by atomic mass is 10.1. The highest BCUT2D eigenvalue weighted by Gasteiger charge is 1.99. The predicted molar refractivity (Wildman–Crippen MR) is 121 cm³/mol. The third-order valence-electron chi connectivity index (χ3n) is 5.08. The van der Waals surface area contributed by atoms with E-state index < -0.39 is 0 Å². The van der Waals surface area contributed by atoms with Crippen molar-refractivity contribution >= 4 is 10.9 Å². The van der Waals surface area contributed by atoms with Crippen LogP contribution in [-0.4, -0.2) is 15.0 Å². The molecule has 0 radical (unpaired) electrons. The van der Waals surface area contributed by atoms with Gasteiger partial charge in [-0.25, -0.2) is 4.98 Å². The second-order valence-corrected chi connectivity index (χ2v) is 7.47. The number of imidazole rings is 1. The molecule has 1 aromatic carbocycles. The summed E-state index contributed by atoms with van der Waals surface area (Å²) in [6.07, 6.45) is 18.5. The number of rotatable bonds is 11. The highest BCUT2D eigenvalue weighted by Crippen LogP contribution is 2.11. The van der Waals surface area contributed by atoms with Gasteiger partial charge in [0, 0.05) is 24.2 Å². The van der Waals surface area contributed by atoms with E-state index in [0.29, 0.717) is 0 Å². The van der Waals surface area contributed by atoms with E-state index in [4.69, 9.17) is 0 Å². The molecule has 1 N–H and O–H groups in total. The van der Waals surface area contributed by atoms with Crippen molar-refractivity contribution in [3.63, 3.8) is 0 Å². The molecule has 0 saturated carbocycles. The van der Waals surface area contributed by atoms with Crippen molar-refractivity contribution in [2.45, 2.75) is 84.5 Å². The molecule has 0 spiro atoms. The number of para-hydroxylation sites is 1. The van der Waals surface area contributed by atoms with E-state index in [2.05, 4.69) is 40.9 Å². The lowest BCUT2D eigenvalue weighted by Crippen LogP contribution is -1.89. The first kappa shape index (κ1) is 22.1. The van der Waals surface area contributed by atoms with Crippen LogP contribution in [0.4, 0.5) is 0 Å². The number of nitrogens with zero attached hydrogens (tertiary/aromatic N) is 2. The fourth-order valence-corrected chi connectivity index (χ4v) is 3.33. The Balaban J connectivity index is 0.000000233. The monoisotopic (exact) mass is 379 g/mol. The van der Waals surface area contributed by atoms with E-state index in [1.807, 2.05) is 36.7 Å². The summed E-state index contributed by atoms with van der Waals surface area (Å²) in [4.78, 5) is 12.0. The van der Waals surface area contributed by atoms with Crippen molar-refractivity contribution < 1.29 is 0 Å². The molecule has 0 unspecified atom stereocenters. The molecule has 28 heavy (non-hydrogen) atoms. The lowest BCUT2D eigenvalue weighted by Gasteiger charge is -2.01. The van der Waals surface area contributed by atoms with Crippen molar-refractivity contribution in [2.75, 3.05) is 0 Å². The van der Waals surface area contributed by atoms with E-state index in [9.17, 15) is 0 Å². The first-order chi connectivity index (χ1) is 13.8. The Morgan fingerprint density at radius 2 is 1.46 bits per heavy atom. The van der Waals surface area contributed by atoms with E-state index >= 15 is 0 Å². The van der Waals surface area contributed by atoms with Crippen molar-refractivity contribution in [3.8, 4) is 0 Å². The summed E-state index contributed by atoms with van der Waals surface area (Å²) in [5.74, 6) is 1.18. The van der Waals surface area contributed by atoms with Crippen LogP contribution in [-0.2, 0) is 12.8 Å². The number of aromatic nitrogens is 3. The Kier molecular flexibility index (Phi) is 11.0. The molecule has 3 nitrogen and oxygen atoms in total. The van der Waals surface area contributed by atoms with Gasteiger partial charge >= 0.3 is 0 Å². The Hall–Kier alpha value is -2.16. The molecular weight excluding hydrogens is 342 g/mol. The number of unbranched alkanes of at least 4 members (excludes halogenated alkanes) is 8. The van der Waals surface area contributed by atoms with Gasteiger partial charge in [0.25, 0.3) is 0 Å². The Morgan fingerprint density at radius 1 is 0.786 bits per heavy atom. The van der Waals surface area contributed by atoms with Gasteiger partial charge in [-0.15, -0.1) is 0 Å². The molecule has 2 heterocycles. The van der Waals surface area contributed by atoms with Gasteiger partial charge in [-0.3, -0.25) is 4.98 Å². The molecule has 3 rings (SSSR count). The number of hydrogen-bond acceptors (Lipinski definition) is 2. The summed E-state index contributed by atoms with van der Waals surface area (Å²) < 4.78 is 0. The molecule has 2 aromatic heterocycles. The zero-order valence-corrected chi connectivity index (χ0v) is 17.8. The van der Waals surface area contributed by atoms with Crippen LogP contribution in [0.1, 0.15) is 83.2 Å². The van der Waals surface area contributed by atoms with E-state index in [1.165, 1.54) is 74.7 Å². The van der Waals surface area contributed by atoms with Crippen LogP contribution in [0, 0.1) is 0 Å². The topological polar surface area (TPSA) is 41.6 Å². The Morgan fingerprint density at radius 3 is 2.14 bits per heavy atom. The third kappa shape index (κ3) is 8.69. The van der Waals surface area contributed by atoms with Gasteiger partial charge in [0.1, 0.15) is 5.82 Å². The molecule has 0 bridgehead atoms. The highest BCUT2D eigenvalue weighted by atomic mass is 14.9. The molecular formula is C25H37N3. The van der Waals surface area contributed by atoms with Crippen LogP contribution in [0.15, 0.2) is 48.8 Å². The summed E-state index contributed by atoms with van der Waals surface area (Å²) in [6, 6.07) is 12.1. The average Bonchev–Trinajstić information content (AvgIpc) is 3.21. The maximum Gasteiger partial charge on any atom is 0.106 e. The molecule has 0 saturated heterocycles. The smallest absolute Gasteiger partial charge is 0.106 e. The van der Waals surface area contributed by atoms with Crippen molar-refractivity contribution in [1.29, 1.82) is 0 Å². The van der Waals surface area contributed by atoms with E-state index in [-0.39, 0.29) is 0 Å². The predicted octanol–water partition coefficient (Wildman–Crippen LogP) is 7.28. The number of H-pyrrole nitrogens is 1. The molecule has 0 aliphatic heterocycles. The van der Waals surface area contributed by atoms with Crippen LogP contribution in [0.25, 0.3) is 10.9 Å². The number of pyridine rings is 1. The van der Waals surface area contributed by atoms with E-state index in [1.54, 1.807) is 0 Å². The quantitative estimate of drug-likeness (QED) is 0.356. The molecule has 152 valence electrons. The highest BCUT2D eigenvalue weighted by molar-refractivity contribution is 5.77. The van der Waals surface area contributed by atoms with Crippen molar-refractivity contribution in [2.24, 2.45) is 0 Å². The van der Waals surface area contributed by atoms with Crippen molar-refractivity contribution in [1.82, 2.24) is 15.0 Å². The summed E-state index contributed by atoms with van der Waals surface area (Å²) in [6.45, 7) is 4.43. The standard InChI is InChI=1S/C16H30N2.C9H7N/c1-3-5-6-7-8-9-10-11-12-13-16-17-14-15(4-2)18-16;1-2-6-9-8(4-1)5-3-7-10-9/h14H,3-13H2,1-2H3,(H,17,18);1-7H. The Labute approximate surface area is 171 Å². The molecule has 0 fully saturated rings. The fraction of sp³-hybridized carbons (Fsp3) is 0.520. The Bertz CT molecular complexity index is 698. The van der Waals surface area contributed by atoms with Gasteiger partial charge in [-0.05, 0) is 25.0 Å². The van der Waals surface area contributed by atoms with Crippen molar-refractivity contribution in [3.05, 3.63) is 60.3 Å². The lowest BCUT2D eigenvalue weighted by molar-refractivity contribution is 0.562. The fourth-order valence-electron chi connectivity index (χ4n) is 3.33. The normalized spacial score (nSPS) is 10.6. The summed E-state index contributed by atoms with van der Waals surface area (Å²) in [5.41, 5.74) is 2.26. The molecule has 0 aliphatic rings. The SMILES string of the molecule is CCCCCCCCCCCc1nc(CC)c[nH]1.c1ccc2ncccc2c1. The third-order valence-corrected chi connectivity index (χ3v) is 5.08. The van der Waals surface area contributed by atoms with Gasteiger partial charge in [0.15, 0.2) is 0 Å². The maximum atomic E-state index is 4.54. The minimum Gasteiger partial charge on any atom is -0.348 e. The molecule has 3 aromatic rings. The number of aryl methyl sites for hydroxylation is 2. The number of fused-ring (bicyclic) bond motifs is 1. The first-order valence-corrected chi connectivity index (χ1v) is 11.2. The van der Waals surface area contributed by atoms with Gasteiger partial charge < -0.3 is 4.98 Å². The largest absolute Gasteiger partial charge is 0.348 e. The number of benzene rings is 1. The second kappa shape index (κ2) is 13.9. The zero-order valence-electron chi connectivity index (χ0n) is 17.8. The molecule has 0 aliphatic carbocycles. The molecule has 0 amide bonds. The molecule has 3 heteroatoms. The van der Waals surface area contributed by atoms with Crippen LogP contribution in [0.2, 0.25) is 0 Å². The van der Waals surface area contributed by atoms with E-state index in [0.717, 1.165) is 18.4 Å². The van der Waals surface area contributed by atoms with Gasteiger partial charge in [-0.2, -0.15) is 0 Å². The number of aromatic amines is 1. The molecule has 0 atom stereocenters. The number of nitrogens with one attached hydrogen (secondary N) is 1. The zero-order chi connectivity index (χ0) is 19.9. The first-order valence-electron chi connectivity index (χ1n) is 11.2. The minimum absolute atomic E-state index is 1.04.